The van der Waals surface area contributed by atoms with Crippen LogP contribution in [0.3, 0.4) is 0 Å². The minimum atomic E-state index is -6.81. The van der Waals surface area contributed by atoms with E-state index in [9.17, 15) is 111 Å². The Morgan fingerprint density at radius 1 is 0.403 bits per heavy atom. The summed E-state index contributed by atoms with van der Waals surface area (Å²) in [5.41, 5.74) is -19.0. The van der Waals surface area contributed by atoms with E-state index in [4.69, 9.17) is 80.4 Å². The van der Waals surface area contributed by atoms with Crippen LogP contribution in [0.15, 0.2) is 66.2 Å². The number of carboxylic acids is 1. The number of para-hydroxylation sites is 1. The molecule has 3 aromatic heterocycles. The van der Waals surface area contributed by atoms with Crippen molar-refractivity contribution in [2.45, 2.75) is 345 Å². The van der Waals surface area contributed by atoms with Gasteiger partial charge in [0.25, 0.3) is 0 Å². The zero-order valence-electron chi connectivity index (χ0n) is 86.7. The van der Waals surface area contributed by atoms with Gasteiger partial charge in [0.15, 0.2) is 47.2 Å². The lowest BCUT2D eigenvalue weighted by Crippen LogP contribution is -2.49. The molecule has 6 saturated heterocycles. The van der Waals surface area contributed by atoms with Gasteiger partial charge in [0.1, 0.15) is 17.3 Å². The number of hydrogen-bond donors (Lipinski definition) is 1. The van der Waals surface area contributed by atoms with E-state index in [1.807, 2.05) is 118 Å². The number of anilines is 1. The molecule has 149 heavy (non-hydrogen) atoms. The first-order chi connectivity index (χ1) is 68.5. The SMILES string of the molecule is CCOC(=O)C(OC(C)(C)C)c1c(C)sc(C)c1B1OC(C)(C)C(C)(C)O1.CCOC(=O)C(OC(C)(C)C)c1c(C)sc(C)c1C1=CCC2(CC1)OCCO2.Cc1sc(C)c(C(OC(C)(C)C)C(=O)O)c1C1=CCC2(CC1)OCCO2.O=C1CCC2(CC1)OCCO2.O=S(=O)(N(c1ccccc1)S(=O)(=O)C(F)(F)F)C(F)(F)F.O=S(=O)(OC1=CCC2(CC1)OCCO2)C(F)(F)F.O=S(=O)(OC1=CCC2(CC1)OCCO2)C(F)(F)F. The topological polar surface area (TPSA) is 404 Å². The molecule has 1 saturated carbocycles. The van der Waals surface area contributed by atoms with Gasteiger partial charge < -0.3 is 93.8 Å². The standard InChI is InChI=1S/C22H32O5S.C20H33BO5S.C20H28O5S.2C9H11F3O5S.C8H5F6NO4S2.C8H12O3/c1-7-24-20(23)19(27-21(4,5)6)18-15(3)28-14(2)17(18)16-8-10-22(11-9-16)25-12-13-26-22;1-11-23-17(22)16(24-18(4,5)6)14-12(2)27-13(3)15(14)21-25-19(7,8)20(9,10)26-21;1-12-15(14-6-8-20(9-7-14)23-10-11-24-20)16(13(2)26-12)17(18(21)22)25-19(3,4)5;2*10-9(11,12)18(13,14)17-7-1-3-8(4-2-7)15-5-6-16-8;9-7(10,11)20(16,17)15(6-4-2-1-3-5-6)21(18,19)8(12,13)14;9-7-1-3-8(4-2-7)10-5-6-11-8/h8,19H,7,9-13H2,1-6H3;16H,11H2,1-10H3;6,17H,7-11H2,1-5H3,(H,21,22);2*1H,2-6H2;1-5H;1-6H2. The summed E-state index contributed by atoms with van der Waals surface area (Å²) in [7, 11) is -25.3. The van der Waals surface area contributed by atoms with Crippen LogP contribution < -0.4 is 9.17 Å². The average molecular weight is 2280 g/mol. The molecule has 9 heterocycles. The summed E-state index contributed by atoms with van der Waals surface area (Å²) < 4.78 is 338. The summed E-state index contributed by atoms with van der Waals surface area (Å²) in [6.45, 7) is 47.6. The number of aliphatic carboxylic acids is 1. The first-order valence-electron chi connectivity index (χ1n) is 47.9. The zero-order chi connectivity index (χ0) is 112. The van der Waals surface area contributed by atoms with Gasteiger partial charge in [-0.1, -0.05) is 30.4 Å². The van der Waals surface area contributed by atoms with Gasteiger partial charge in [0.05, 0.1) is 113 Å². The molecule has 11 aliphatic rings. The number of ether oxygens (including phenoxy) is 15. The summed E-state index contributed by atoms with van der Waals surface area (Å²) in [4.78, 5) is 55.0. The van der Waals surface area contributed by atoms with Crippen molar-refractivity contribution in [2.24, 2.45) is 0 Å². The van der Waals surface area contributed by atoms with E-state index in [2.05, 4.69) is 41.3 Å². The summed E-state index contributed by atoms with van der Waals surface area (Å²) in [6.07, 6.45) is 12.8. The van der Waals surface area contributed by atoms with Crippen molar-refractivity contribution in [1.29, 1.82) is 0 Å². The van der Waals surface area contributed by atoms with Crippen molar-refractivity contribution in [2.75, 3.05) is 83.0 Å². The minimum absolute atomic E-state index is 0.0231. The molecule has 33 nitrogen and oxygen atoms in total. The molecular weight excluding hydrogens is 2140 g/mol. The third kappa shape index (κ3) is 32.0. The Morgan fingerprint density at radius 2 is 0.691 bits per heavy atom. The Bertz CT molecular complexity index is 5760. The largest absolute Gasteiger partial charge is 0.534 e. The summed E-state index contributed by atoms with van der Waals surface area (Å²) in [6, 6.07) is 3.85. The number of ketones is 1. The van der Waals surface area contributed by atoms with Gasteiger partial charge in [0.2, 0.25) is 0 Å². The highest BCUT2D eigenvalue weighted by Gasteiger charge is 2.63. The second-order valence-electron chi connectivity index (χ2n) is 39.9. The number of Topliss-reactive ketones (excluding diaryl/α,β-unsaturated/α-hetero) is 1. The molecule has 3 atom stereocenters. The molecular formula is C96H132BF12NO32S7. The van der Waals surface area contributed by atoms with Gasteiger partial charge in [-0.15, -0.1) is 37.7 Å². The number of thiophene rings is 3. The number of sulfonamides is 2. The van der Waals surface area contributed by atoms with Crippen LogP contribution in [0.2, 0.25) is 0 Å². The highest BCUT2D eigenvalue weighted by molar-refractivity contribution is 8.11. The fourth-order valence-corrected chi connectivity index (χ4v) is 24.5. The molecule has 15 rings (SSSR count). The lowest BCUT2D eigenvalue weighted by atomic mass is 9.74. The third-order valence-corrected chi connectivity index (χ3v) is 33.6. The second kappa shape index (κ2) is 48.9. The van der Waals surface area contributed by atoms with Crippen LogP contribution in [0.5, 0.6) is 0 Å². The van der Waals surface area contributed by atoms with Crippen LogP contribution >= 0.6 is 34.0 Å². The van der Waals surface area contributed by atoms with E-state index >= 15 is 0 Å². The predicted molar refractivity (Wildman–Crippen MR) is 524 cm³/mol. The lowest BCUT2D eigenvalue weighted by Gasteiger charge is -2.32. The van der Waals surface area contributed by atoms with Crippen molar-refractivity contribution >= 4 is 127 Å². The molecule has 7 fully saturated rings. The third-order valence-electron chi connectivity index (χ3n) is 24.8. The maximum Gasteiger partial charge on any atom is 0.534 e. The van der Waals surface area contributed by atoms with E-state index in [1.54, 1.807) is 40.9 Å². The first-order valence-corrected chi connectivity index (χ1v) is 56.1. The highest BCUT2D eigenvalue weighted by Crippen LogP contribution is 2.51. The number of benzene rings is 1. The van der Waals surface area contributed by atoms with Crippen molar-refractivity contribution in [1.82, 2.24) is 0 Å². The van der Waals surface area contributed by atoms with Crippen LogP contribution in [-0.2, 0) is 148 Å². The predicted octanol–water partition coefficient (Wildman–Crippen LogP) is 20.2. The molecule has 842 valence electrons. The molecule has 4 aromatic rings. The van der Waals surface area contributed by atoms with Gasteiger partial charge >= 0.3 is 87.3 Å². The number of alkyl halides is 12. The van der Waals surface area contributed by atoms with Gasteiger partial charge in [-0.25, -0.2) is 14.4 Å². The van der Waals surface area contributed by atoms with Gasteiger partial charge in [-0.3, -0.25) is 4.79 Å². The number of carbonyl (C=O) groups excluding carboxylic acids is 3. The molecule has 5 spiro atoms. The quantitative estimate of drug-likeness (QED) is 0.0266. The number of esters is 2. The Balaban J connectivity index is 0.000000196. The fraction of sp³-hybridized carbons (Fsp3) is 0.688. The van der Waals surface area contributed by atoms with Crippen LogP contribution in [0.1, 0.15) is 282 Å². The Hall–Kier alpha value is -6.82. The number of allylic oxidation sites excluding steroid dienone is 4. The number of rotatable bonds is 21. The molecule has 3 unspecified atom stereocenters. The molecule has 0 bridgehead atoms. The van der Waals surface area contributed by atoms with Crippen molar-refractivity contribution in [3.8, 4) is 0 Å². The van der Waals surface area contributed by atoms with Crippen LogP contribution in [0.4, 0.5) is 58.4 Å². The molecule has 6 aliphatic heterocycles. The fourth-order valence-electron chi connectivity index (χ4n) is 17.4. The Kier molecular flexibility index (Phi) is 41.2. The van der Waals surface area contributed by atoms with E-state index in [-0.39, 0.29) is 67.8 Å². The number of nitrogens with zero attached hydrogens (tertiary/aromatic N) is 1. The molecule has 1 aromatic carbocycles. The number of halogens is 12. The molecule has 1 N–H and O–H groups in total. The van der Waals surface area contributed by atoms with E-state index < -0.39 is 154 Å². The smallest absolute Gasteiger partial charge is 0.479 e. The number of carbonyl (C=O) groups is 4. The Morgan fingerprint density at radius 3 is 0.980 bits per heavy atom. The average Bonchev–Trinajstić information content (AvgIpc) is 1.71. The van der Waals surface area contributed by atoms with E-state index in [1.165, 1.54) is 28.2 Å². The molecule has 0 radical (unpaired) electrons. The zero-order valence-corrected chi connectivity index (χ0v) is 92.5. The minimum Gasteiger partial charge on any atom is -0.479 e. The maximum absolute atomic E-state index is 12.8. The summed E-state index contributed by atoms with van der Waals surface area (Å²) in [5.74, 6) is -4.71. The van der Waals surface area contributed by atoms with Crippen molar-refractivity contribution in [3.05, 3.63) is 123 Å². The molecule has 53 heteroatoms. The maximum atomic E-state index is 12.8. The van der Waals surface area contributed by atoms with Gasteiger partial charge in [-0.2, -0.15) is 86.4 Å². The number of carboxylic acid groups (broad SMARTS) is 1. The summed E-state index contributed by atoms with van der Waals surface area (Å²) in [5, 5.41) is 9.83. The van der Waals surface area contributed by atoms with Crippen molar-refractivity contribution < 1.29 is 199 Å². The van der Waals surface area contributed by atoms with Gasteiger partial charge in [-0.05, 0) is 205 Å². The van der Waals surface area contributed by atoms with Crippen LogP contribution in [0, 0.1) is 41.5 Å². The van der Waals surface area contributed by atoms with E-state index in [0.717, 1.165) is 121 Å². The number of hydrogen-bond acceptors (Lipinski definition) is 34. The molecule has 0 amide bonds. The van der Waals surface area contributed by atoms with Gasteiger partial charge in [0, 0.05) is 141 Å². The lowest BCUT2D eigenvalue weighted by molar-refractivity contribution is -0.179. The summed E-state index contributed by atoms with van der Waals surface area (Å²) >= 11 is 4.98. The number of aryl methyl sites for hydroxylation is 6. The van der Waals surface area contributed by atoms with Crippen molar-refractivity contribution in [3.63, 3.8) is 0 Å². The first kappa shape index (κ1) is 126. The van der Waals surface area contributed by atoms with E-state index in [0.29, 0.717) is 116 Å². The second-order valence-corrected chi connectivity index (χ2v) is 51.1. The monoisotopic (exact) mass is 2270 g/mol. The van der Waals surface area contributed by atoms with Crippen LogP contribution in [-0.4, -0.2) is 228 Å². The Labute approximate surface area is 873 Å². The highest BCUT2D eigenvalue weighted by atomic mass is 32.3. The normalized spacial score (nSPS) is 21.1. The van der Waals surface area contributed by atoms with Crippen LogP contribution in [0.25, 0.3) is 11.1 Å². The molecule has 5 aliphatic carbocycles.